The maximum Gasteiger partial charge on any atom is 0.0411 e. The molecule has 2 N–H and O–H groups in total. The minimum absolute atomic E-state index is 0.132. The molecule has 78 valence electrons. The average molecular weight is 212 g/mol. The molecule has 0 saturated carbocycles. The molecule has 14 heavy (non-hydrogen) atoms. The summed E-state index contributed by atoms with van der Waals surface area (Å²) in [6.07, 6.45) is 3.40. The molecule has 0 bridgehead atoms. The van der Waals surface area contributed by atoms with Crippen molar-refractivity contribution >= 4 is 11.6 Å². The van der Waals surface area contributed by atoms with Gasteiger partial charge in [0.05, 0.1) is 0 Å². The summed E-state index contributed by atoms with van der Waals surface area (Å²) < 4.78 is 0. The van der Waals surface area contributed by atoms with Gasteiger partial charge in [0.1, 0.15) is 0 Å². The Morgan fingerprint density at radius 2 is 2.07 bits per heavy atom. The van der Waals surface area contributed by atoms with Crippen molar-refractivity contribution in [2.75, 3.05) is 0 Å². The molecular formula is C12H18ClN. The van der Waals surface area contributed by atoms with Gasteiger partial charge in [-0.05, 0) is 36.6 Å². The average Bonchev–Trinajstić information content (AvgIpc) is 2.12. The molecule has 0 amide bonds. The first-order chi connectivity index (χ1) is 6.63. The lowest BCUT2D eigenvalue weighted by molar-refractivity contribution is 0.603. The van der Waals surface area contributed by atoms with E-state index in [1.165, 1.54) is 18.4 Å². The summed E-state index contributed by atoms with van der Waals surface area (Å²) in [5, 5.41) is 0.784. The highest BCUT2D eigenvalue weighted by Gasteiger charge is 2.06. The second-order valence-corrected chi connectivity index (χ2v) is 4.25. The summed E-state index contributed by atoms with van der Waals surface area (Å²) in [4.78, 5) is 0. The number of halogens is 1. The second-order valence-electron chi connectivity index (χ2n) is 3.81. The van der Waals surface area contributed by atoms with Gasteiger partial charge in [-0.15, -0.1) is 0 Å². The predicted octanol–water partition coefficient (Wildman–Crippen LogP) is 3.84. The molecule has 1 aromatic rings. The van der Waals surface area contributed by atoms with Crippen LogP contribution in [0.5, 0.6) is 0 Å². The van der Waals surface area contributed by atoms with Crippen LogP contribution in [-0.4, -0.2) is 0 Å². The lowest BCUT2D eigenvalue weighted by atomic mass is 10.0. The predicted molar refractivity (Wildman–Crippen MR) is 62.6 cm³/mol. The topological polar surface area (TPSA) is 26.0 Å². The minimum Gasteiger partial charge on any atom is -0.324 e. The van der Waals surface area contributed by atoms with Crippen LogP contribution >= 0.6 is 11.6 Å². The summed E-state index contributed by atoms with van der Waals surface area (Å²) in [5.41, 5.74) is 8.40. The van der Waals surface area contributed by atoms with Crippen LogP contribution in [-0.2, 0) is 0 Å². The quantitative estimate of drug-likeness (QED) is 0.805. The van der Waals surface area contributed by atoms with Gasteiger partial charge in [-0.2, -0.15) is 0 Å². The molecule has 0 unspecified atom stereocenters. The number of aryl methyl sites for hydroxylation is 1. The number of unbranched alkanes of at least 4 members (excludes halogenated alkanes) is 1. The van der Waals surface area contributed by atoms with Crippen molar-refractivity contribution in [3.63, 3.8) is 0 Å². The van der Waals surface area contributed by atoms with E-state index in [0.717, 1.165) is 17.0 Å². The molecule has 1 atom stereocenters. The van der Waals surface area contributed by atoms with E-state index in [-0.39, 0.29) is 6.04 Å². The van der Waals surface area contributed by atoms with E-state index in [2.05, 4.69) is 13.0 Å². The molecule has 0 saturated heterocycles. The maximum atomic E-state index is 6.06. The standard InChI is InChI=1S/C12H18ClN/c1-3-4-5-12(14)10-6-9(2)7-11(13)8-10/h6-8,12H,3-5,14H2,1-2H3/t12-/m0/s1. The fraction of sp³-hybridized carbons (Fsp3) is 0.500. The Balaban J connectivity index is 2.73. The first kappa shape index (κ1) is 11.5. The third kappa shape index (κ3) is 3.32. The van der Waals surface area contributed by atoms with Gasteiger partial charge in [0, 0.05) is 11.1 Å². The van der Waals surface area contributed by atoms with Crippen LogP contribution in [0, 0.1) is 6.92 Å². The summed E-state index contributed by atoms with van der Waals surface area (Å²) in [6, 6.07) is 6.17. The molecule has 0 aliphatic carbocycles. The molecular weight excluding hydrogens is 194 g/mol. The van der Waals surface area contributed by atoms with Crippen LogP contribution in [0.25, 0.3) is 0 Å². The van der Waals surface area contributed by atoms with Crippen molar-refractivity contribution in [2.24, 2.45) is 5.73 Å². The van der Waals surface area contributed by atoms with E-state index in [1.807, 2.05) is 19.1 Å². The highest BCUT2D eigenvalue weighted by Crippen LogP contribution is 2.22. The Kier molecular flexibility index (Phi) is 4.43. The van der Waals surface area contributed by atoms with Gasteiger partial charge in [0.2, 0.25) is 0 Å². The number of nitrogens with two attached hydrogens (primary N) is 1. The number of hydrogen-bond donors (Lipinski definition) is 1. The fourth-order valence-electron chi connectivity index (χ4n) is 1.57. The number of hydrogen-bond acceptors (Lipinski definition) is 1. The van der Waals surface area contributed by atoms with Gasteiger partial charge in [-0.1, -0.05) is 37.4 Å². The monoisotopic (exact) mass is 211 g/mol. The molecule has 0 radical (unpaired) electrons. The molecule has 1 aromatic carbocycles. The Bertz CT molecular complexity index is 276. The van der Waals surface area contributed by atoms with E-state index >= 15 is 0 Å². The van der Waals surface area contributed by atoms with Gasteiger partial charge >= 0.3 is 0 Å². The lowest BCUT2D eigenvalue weighted by Crippen LogP contribution is -2.10. The Labute approximate surface area is 91.3 Å². The van der Waals surface area contributed by atoms with Crippen LogP contribution in [0.4, 0.5) is 0 Å². The van der Waals surface area contributed by atoms with Crippen LogP contribution in [0.2, 0.25) is 5.02 Å². The molecule has 1 rings (SSSR count). The zero-order valence-corrected chi connectivity index (χ0v) is 9.64. The zero-order valence-electron chi connectivity index (χ0n) is 8.89. The fourth-order valence-corrected chi connectivity index (χ4v) is 1.87. The Morgan fingerprint density at radius 1 is 1.36 bits per heavy atom. The van der Waals surface area contributed by atoms with Crippen LogP contribution in [0.3, 0.4) is 0 Å². The highest BCUT2D eigenvalue weighted by molar-refractivity contribution is 6.30. The Morgan fingerprint density at radius 3 is 2.64 bits per heavy atom. The van der Waals surface area contributed by atoms with Crippen LogP contribution in [0.1, 0.15) is 43.4 Å². The van der Waals surface area contributed by atoms with Crippen molar-refractivity contribution in [1.82, 2.24) is 0 Å². The van der Waals surface area contributed by atoms with Crippen molar-refractivity contribution in [2.45, 2.75) is 39.2 Å². The largest absolute Gasteiger partial charge is 0.324 e. The molecule has 1 nitrogen and oxygen atoms in total. The maximum absolute atomic E-state index is 6.06. The van der Waals surface area contributed by atoms with Crippen LogP contribution in [0.15, 0.2) is 18.2 Å². The van der Waals surface area contributed by atoms with Crippen molar-refractivity contribution in [1.29, 1.82) is 0 Å². The summed E-state index contributed by atoms with van der Waals surface area (Å²) in [7, 11) is 0. The number of benzene rings is 1. The third-order valence-electron chi connectivity index (χ3n) is 2.36. The van der Waals surface area contributed by atoms with E-state index in [0.29, 0.717) is 0 Å². The third-order valence-corrected chi connectivity index (χ3v) is 2.58. The highest BCUT2D eigenvalue weighted by atomic mass is 35.5. The molecule has 0 spiro atoms. The van der Waals surface area contributed by atoms with E-state index < -0.39 is 0 Å². The van der Waals surface area contributed by atoms with Gasteiger partial charge in [-0.3, -0.25) is 0 Å². The molecule has 0 aliphatic heterocycles. The summed E-state index contributed by atoms with van der Waals surface area (Å²) in [6.45, 7) is 4.22. The lowest BCUT2D eigenvalue weighted by Gasteiger charge is -2.12. The SMILES string of the molecule is CCCC[C@H](N)c1cc(C)cc(Cl)c1. The van der Waals surface area contributed by atoms with Crippen molar-refractivity contribution in [3.05, 3.63) is 34.3 Å². The Hall–Kier alpha value is -0.530. The molecule has 0 fully saturated rings. The van der Waals surface area contributed by atoms with E-state index in [4.69, 9.17) is 17.3 Å². The molecule has 0 aliphatic rings. The first-order valence-corrected chi connectivity index (χ1v) is 5.54. The van der Waals surface area contributed by atoms with Gasteiger partial charge < -0.3 is 5.73 Å². The summed E-state index contributed by atoms with van der Waals surface area (Å²) >= 11 is 5.97. The molecule has 0 aromatic heterocycles. The summed E-state index contributed by atoms with van der Waals surface area (Å²) in [5.74, 6) is 0. The second kappa shape index (κ2) is 5.38. The number of rotatable bonds is 4. The minimum atomic E-state index is 0.132. The van der Waals surface area contributed by atoms with Crippen molar-refractivity contribution < 1.29 is 0 Å². The normalized spacial score (nSPS) is 12.9. The van der Waals surface area contributed by atoms with Gasteiger partial charge in [-0.25, -0.2) is 0 Å². The first-order valence-electron chi connectivity index (χ1n) is 5.16. The zero-order chi connectivity index (χ0) is 10.6. The van der Waals surface area contributed by atoms with Crippen LogP contribution < -0.4 is 5.73 Å². The molecule has 2 heteroatoms. The smallest absolute Gasteiger partial charge is 0.0411 e. The van der Waals surface area contributed by atoms with Gasteiger partial charge in [0.15, 0.2) is 0 Å². The van der Waals surface area contributed by atoms with E-state index in [9.17, 15) is 0 Å². The van der Waals surface area contributed by atoms with E-state index in [1.54, 1.807) is 0 Å². The van der Waals surface area contributed by atoms with Crippen molar-refractivity contribution in [3.8, 4) is 0 Å². The molecule has 0 heterocycles. The van der Waals surface area contributed by atoms with Gasteiger partial charge in [0.25, 0.3) is 0 Å².